The molecule has 1 saturated heterocycles. The van der Waals surface area contributed by atoms with Crippen LogP contribution in [0.15, 0.2) is 24.3 Å². The Morgan fingerprint density at radius 3 is 2.65 bits per heavy atom. The van der Waals surface area contributed by atoms with Crippen molar-refractivity contribution >= 4 is 18.3 Å². The maximum Gasteiger partial charge on any atom is 0.387 e. The van der Waals surface area contributed by atoms with E-state index in [9.17, 15) is 13.6 Å². The zero-order valence-corrected chi connectivity index (χ0v) is 15.7. The molecule has 3 N–H and O–H groups in total. The Morgan fingerprint density at radius 1 is 1.38 bits per heavy atom. The van der Waals surface area contributed by atoms with Gasteiger partial charge in [0.15, 0.2) is 0 Å². The number of benzene rings is 1. The van der Waals surface area contributed by atoms with Crippen LogP contribution in [0.25, 0.3) is 0 Å². The van der Waals surface area contributed by atoms with E-state index in [1.54, 1.807) is 12.1 Å². The molecule has 26 heavy (non-hydrogen) atoms. The van der Waals surface area contributed by atoms with E-state index in [0.717, 1.165) is 25.0 Å². The molecule has 1 aromatic rings. The van der Waals surface area contributed by atoms with Gasteiger partial charge in [0.2, 0.25) is 5.91 Å². The van der Waals surface area contributed by atoms with E-state index in [2.05, 4.69) is 10.1 Å². The van der Waals surface area contributed by atoms with Gasteiger partial charge in [0.1, 0.15) is 11.3 Å². The summed E-state index contributed by atoms with van der Waals surface area (Å²) in [4.78, 5) is 12.8. The summed E-state index contributed by atoms with van der Waals surface area (Å²) in [6.07, 6.45) is 1.81. The summed E-state index contributed by atoms with van der Waals surface area (Å²) < 4.78 is 34.4. The first-order valence-corrected chi connectivity index (χ1v) is 8.49. The molecule has 1 saturated carbocycles. The second-order valence-corrected chi connectivity index (χ2v) is 7.34. The van der Waals surface area contributed by atoms with Crippen molar-refractivity contribution in [1.29, 1.82) is 0 Å². The van der Waals surface area contributed by atoms with Crippen LogP contribution in [0.4, 0.5) is 8.78 Å². The summed E-state index contributed by atoms with van der Waals surface area (Å²) in [5, 5.41) is 2.88. The zero-order valence-electron chi connectivity index (χ0n) is 14.8. The molecular weight excluding hydrogens is 366 g/mol. The highest BCUT2D eigenvalue weighted by Crippen LogP contribution is 2.57. The summed E-state index contributed by atoms with van der Waals surface area (Å²) in [6.45, 7) is 2.08. The first-order valence-electron chi connectivity index (χ1n) is 8.49. The second-order valence-electron chi connectivity index (χ2n) is 7.34. The van der Waals surface area contributed by atoms with E-state index in [4.69, 9.17) is 10.5 Å². The first-order chi connectivity index (χ1) is 11.8. The smallest absolute Gasteiger partial charge is 0.387 e. The van der Waals surface area contributed by atoms with Gasteiger partial charge in [-0.3, -0.25) is 4.79 Å². The molecule has 0 radical (unpaired) electrons. The third-order valence-electron chi connectivity index (χ3n) is 5.66. The zero-order chi connectivity index (χ0) is 18.2. The highest BCUT2D eigenvalue weighted by atomic mass is 35.5. The number of nitrogens with two attached hydrogens (primary N) is 1. The Balaban J connectivity index is 0.00000243. The van der Waals surface area contributed by atoms with Crippen molar-refractivity contribution < 1.29 is 23.0 Å². The Morgan fingerprint density at radius 2 is 2.04 bits per heavy atom. The minimum Gasteiger partial charge on any atom is -0.435 e. The number of fused-ring (bicyclic) bond motifs is 1. The maximum absolute atomic E-state index is 12.8. The van der Waals surface area contributed by atoms with Crippen LogP contribution in [0.5, 0.6) is 5.75 Å². The molecule has 3 unspecified atom stereocenters. The fourth-order valence-corrected chi connectivity index (χ4v) is 4.15. The van der Waals surface area contributed by atoms with Gasteiger partial charge in [0.05, 0.1) is 6.10 Å². The summed E-state index contributed by atoms with van der Waals surface area (Å²) >= 11 is 0. The molecule has 1 heterocycles. The summed E-state index contributed by atoms with van der Waals surface area (Å²) in [6, 6.07) is 6.17. The number of halogens is 3. The number of amides is 1. The van der Waals surface area contributed by atoms with Crippen molar-refractivity contribution in [3.05, 3.63) is 29.8 Å². The van der Waals surface area contributed by atoms with Gasteiger partial charge < -0.3 is 20.5 Å². The third-order valence-corrected chi connectivity index (χ3v) is 5.66. The quantitative estimate of drug-likeness (QED) is 0.810. The van der Waals surface area contributed by atoms with Crippen LogP contribution in [-0.4, -0.2) is 30.8 Å². The molecule has 5 nitrogen and oxygen atoms in total. The molecule has 1 aromatic carbocycles. The van der Waals surface area contributed by atoms with Crippen LogP contribution in [0, 0.1) is 11.3 Å². The van der Waals surface area contributed by atoms with Crippen molar-refractivity contribution in [2.75, 3.05) is 6.61 Å². The van der Waals surface area contributed by atoms with Gasteiger partial charge in [-0.25, -0.2) is 0 Å². The minimum atomic E-state index is -2.85. The number of hydrogen-bond acceptors (Lipinski definition) is 4. The number of alkyl halides is 2. The van der Waals surface area contributed by atoms with Crippen molar-refractivity contribution in [3.63, 3.8) is 0 Å². The van der Waals surface area contributed by atoms with Crippen molar-refractivity contribution in [1.82, 2.24) is 5.32 Å². The lowest BCUT2D eigenvalue weighted by atomic mass is 9.46. The number of hydrogen-bond donors (Lipinski definition) is 2. The number of ether oxygens (including phenoxy) is 2. The van der Waals surface area contributed by atoms with Crippen molar-refractivity contribution in [3.8, 4) is 5.75 Å². The third kappa shape index (κ3) is 3.40. The summed E-state index contributed by atoms with van der Waals surface area (Å²) in [5.41, 5.74) is 5.92. The Labute approximate surface area is 158 Å². The molecule has 1 aliphatic carbocycles. The van der Waals surface area contributed by atoms with Crippen LogP contribution in [0.2, 0.25) is 0 Å². The molecular formula is C18H25ClF2N2O3. The number of rotatable bonds is 5. The predicted molar refractivity (Wildman–Crippen MR) is 95.3 cm³/mol. The Hall–Kier alpha value is -1.44. The van der Waals surface area contributed by atoms with Gasteiger partial charge in [0, 0.05) is 24.5 Å². The summed E-state index contributed by atoms with van der Waals surface area (Å²) in [7, 11) is 0. The first kappa shape index (κ1) is 20.9. The number of carbonyl (C=O) groups is 1. The lowest BCUT2D eigenvalue weighted by Gasteiger charge is -2.65. The van der Waals surface area contributed by atoms with E-state index < -0.39 is 17.6 Å². The predicted octanol–water partition coefficient (Wildman–Crippen LogP) is 2.86. The van der Waals surface area contributed by atoms with Gasteiger partial charge in [0.25, 0.3) is 0 Å². The standard InChI is InChI=1S/C18H24F2N2O3.ClH/c1-17(2)14-13(4-3-9-24-14)18(17,21)15(23)22-10-11-5-7-12(8-6-11)25-16(19)20;/h5-8,13-14,16H,3-4,9-10,21H2,1-2H3,(H,22,23);1H. The molecule has 3 atom stereocenters. The molecule has 0 bridgehead atoms. The molecule has 1 amide bonds. The topological polar surface area (TPSA) is 73.6 Å². The molecule has 146 valence electrons. The Kier molecular flexibility index (Phi) is 6.15. The molecule has 0 aromatic heterocycles. The maximum atomic E-state index is 12.8. The average molecular weight is 391 g/mol. The average Bonchev–Trinajstić information content (AvgIpc) is 2.59. The van der Waals surface area contributed by atoms with Crippen molar-refractivity contribution in [2.24, 2.45) is 17.1 Å². The van der Waals surface area contributed by atoms with Crippen LogP contribution < -0.4 is 15.8 Å². The van der Waals surface area contributed by atoms with Crippen LogP contribution in [0.1, 0.15) is 32.3 Å². The highest BCUT2D eigenvalue weighted by Gasteiger charge is 2.70. The van der Waals surface area contributed by atoms with E-state index in [1.165, 1.54) is 12.1 Å². The fraction of sp³-hybridized carbons (Fsp3) is 0.611. The normalized spacial score (nSPS) is 29.2. The van der Waals surface area contributed by atoms with Crippen LogP contribution in [0.3, 0.4) is 0 Å². The van der Waals surface area contributed by atoms with Crippen LogP contribution >= 0.6 is 12.4 Å². The summed E-state index contributed by atoms with van der Waals surface area (Å²) in [5.74, 6) is -0.0853. The second kappa shape index (κ2) is 7.66. The monoisotopic (exact) mass is 390 g/mol. The minimum absolute atomic E-state index is 0. The van der Waals surface area contributed by atoms with Crippen LogP contribution in [-0.2, 0) is 16.1 Å². The fourth-order valence-electron chi connectivity index (χ4n) is 4.15. The van der Waals surface area contributed by atoms with Gasteiger partial charge >= 0.3 is 6.61 Å². The molecule has 1 aliphatic heterocycles. The Bertz CT molecular complexity index is 642. The van der Waals surface area contributed by atoms with Gasteiger partial charge in [-0.05, 0) is 30.5 Å². The lowest BCUT2D eigenvalue weighted by Crippen LogP contribution is -2.82. The highest BCUT2D eigenvalue weighted by molar-refractivity contribution is 5.89. The molecule has 2 fully saturated rings. The van der Waals surface area contributed by atoms with Gasteiger partial charge in [-0.2, -0.15) is 8.78 Å². The van der Waals surface area contributed by atoms with E-state index >= 15 is 0 Å². The molecule has 3 rings (SSSR count). The van der Waals surface area contributed by atoms with E-state index in [-0.39, 0.29) is 42.6 Å². The van der Waals surface area contributed by atoms with Crippen molar-refractivity contribution in [2.45, 2.75) is 51.5 Å². The van der Waals surface area contributed by atoms with E-state index in [1.807, 2.05) is 13.8 Å². The van der Waals surface area contributed by atoms with Gasteiger partial charge in [-0.15, -0.1) is 12.4 Å². The van der Waals surface area contributed by atoms with Gasteiger partial charge in [-0.1, -0.05) is 26.0 Å². The number of carbonyl (C=O) groups excluding carboxylic acids is 1. The number of nitrogens with one attached hydrogen (secondary N) is 1. The molecule has 8 heteroatoms. The molecule has 2 aliphatic rings. The largest absolute Gasteiger partial charge is 0.435 e. The molecule has 0 spiro atoms. The van der Waals surface area contributed by atoms with E-state index in [0.29, 0.717) is 0 Å². The SMILES string of the molecule is CC1(C)C2OCCCC2C1(N)C(=O)NCc1ccc(OC(F)F)cc1.Cl. The lowest BCUT2D eigenvalue weighted by molar-refractivity contribution is -0.225.